The summed E-state index contributed by atoms with van der Waals surface area (Å²) in [7, 11) is -3.43. The van der Waals surface area contributed by atoms with Crippen LogP contribution < -0.4 is 4.74 Å². The Morgan fingerprint density at radius 2 is 1.69 bits per heavy atom. The summed E-state index contributed by atoms with van der Waals surface area (Å²) in [5.41, 5.74) is 0.148. The molecule has 3 aliphatic rings. The number of carbonyl (C=O) groups is 1. The van der Waals surface area contributed by atoms with Gasteiger partial charge in [0.25, 0.3) is 0 Å². The van der Waals surface area contributed by atoms with E-state index in [4.69, 9.17) is 14.6 Å². The fraction of sp³-hybridized carbons (Fsp3) is 0.708. The number of benzene rings is 1. The molecule has 1 aliphatic carbocycles. The maximum atomic E-state index is 14.8. The fourth-order valence-electron chi connectivity index (χ4n) is 4.65. The summed E-state index contributed by atoms with van der Waals surface area (Å²) in [5.74, 6) is -2.23. The van der Waals surface area contributed by atoms with Gasteiger partial charge < -0.3 is 19.5 Å². The molecule has 2 saturated heterocycles. The predicted octanol–water partition coefficient (Wildman–Crippen LogP) is 3.39. The number of piperidine rings is 2. The lowest BCUT2D eigenvalue weighted by molar-refractivity contribution is 0.0374. The molecule has 1 amide bonds. The van der Waals surface area contributed by atoms with Gasteiger partial charge in [0.1, 0.15) is 11.7 Å². The van der Waals surface area contributed by atoms with Crippen LogP contribution in [0.15, 0.2) is 12.1 Å². The van der Waals surface area contributed by atoms with Crippen molar-refractivity contribution in [1.29, 1.82) is 0 Å². The van der Waals surface area contributed by atoms with Gasteiger partial charge in [-0.1, -0.05) is 0 Å². The Bertz CT molecular complexity index is 994. The Morgan fingerprint density at radius 3 is 2.23 bits per heavy atom. The van der Waals surface area contributed by atoms with Gasteiger partial charge in [-0.2, -0.15) is 0 Å². The second-order valence-electron chi connectivity index (χ2n) is 10.0. The first-order valence-electron chi connectivity index (χ1n) is 12.3. The zero-order chi connectivity index (χ0) is 25.2. The van der Waals surface area contributed by atoms with Crippen LogP contribution in [-0.2, 0) is 14.8 Å². The Labute approximate surface area is 205 Å². The average molecular weight is 517 g/mol. The quantitative estimate of drug-likeness (QED) is 0.569. The summed E-state index contributed by atoms with van der Waals surface area (Å²) < 4.78 is 66.8. The minimum atomic E-state index is -3.43. The topological polar surface area (TPSA) is 96.4 Å². The molecule has 35 heavy (non-hydrogen) atoms. The molecule has 1 N–H and O–H groups in total. The number of halogens is 2. The predicted molar refractivity (Wildman–Crippen MR) is 125 cm³/mol. The van der Waals surface area contributed by atoms with Gasteiger partial charge in [0.2, 0.25) is 10.0 Å². The van der Waals surface area contributed by atoms with Gasteiger partial charge in [-0.25, -0.2) is 26.3 Å². The molecule has 1 aromatic rings. The van der Waals surface area contributed by atoms with Crippen LogP contribution in [0.4, 0.5) is 13.6 Å². The van der Waals surface area contributed by atoms with Gasteiger partial charge in [-0.05, 0) is 62.6 Å². The van der Waals surface area contributed by atoms with E-state index in [9.17, 15) is 22.0 Å². The Hall–Kier alpha value is -1.98. The van der Waals surface area contributed by atoms with Crippen LogP contribution in [0.1, 0.15) is 63.4 Å². The number of hydrogen-bond donors (Lipinski definition) is 1. The van der Waals surface area contributed by atoms with E-state index in [1.807, 2.05) is 6.92 Å². The van der Waals surface area contributed by atoms with E-state index < -0.39 is 33.5 Å². The number of hydrogen-bond acceptors (Lipinski definition) is 6. The first-order chi connectivity index (χ1) is 16.6. The van der Waals surface area contributed by atoms with Crippen molar-refractivity contribution in [2.24, 2.45) is 0 Å². The van der Waals surface area contributed by atoms with Gasteiger partial charge in [0.05, 0.1) is 5.75 Å². The van der Waals surface area contributed by atoms with Crippen molar-refractivity contribution in [3.8, 4) is 5.75 Å². The standard InChI is InChI=1S/C24H34F2N2O6S/c1-24(7-8-24)34-23(30)27-9-5-19(6-10-27)33-22-20(25)15-18(16-21(22)26)17-3-11-28(12-4-17)35(31,32)14-2-13-29/h15-17,19,29H,2-14H2,1H3. The summed E-state index contributed by atoms with van der Waals surface area (Å²) in [6.07, 6.45) is 3.00. The third-order valence-corrected chi connectivity index (χ3v) is 9.13. The summed E-state index contributed by atoms with van der Waals surface area (Å²) in [4.78, 5) is 13.8. The van der Waals surface area contributed by atoms with Crippen molar-refractivity contribution >= 4 is 16.1 Å². The summed E-state index contributed by atoms with van der Waals surface area (Å²) in [6, 6.07) is 2.56. The molecule has 3 fully saturated rings. The molecule has 0 spiro atoms. The van der Waals surface area contributed by atoms with Crippen molar-refractivity contribution in [2.75, 3.05) is 38.5 Å². The number of likely N-dealkylation sites (tertiary alicyclic amines) is 1. The van der Waals surface area contributed by atoms with E-state index in [-0.39, 0.29) is 49.5 Å². The molecule has 1 aromatic carbocycles. The maximum Gasteiger partial charge on any atom is 0.410 e. The van der Waals surface area contributed by atoms with E-state index in [2.05, 4.69) is 0 Å². The monoisotopic (exact) mass is 516 g/mol. The maximum absolute atomic E-state index is 14.8. The minimum absolute atomic E-state index is 0.108. The highest BCUT2D eigenvalue weighted by molar-refractivity contribution is 7.89. The highest BCUT2D eigenvalue weighted by atomic mass is 32.2. The lowest BCUT2D eigenvalue weighted by atomic mass is 9.90. The van der Waals surface area contributed by atoms with Crippen molar-refractivity contribution in [3.63, 3.8) is 0 Å². The zero-order valence-electron chi connectivity index (χ0n) is 20.0. The lowest BCUT2D eigenvalue weighted by Gasteiger charge is -2.33. The van der Waals surface area contributed by atoms with Crippen LogP contribution in [0.3, 0.4) is 0 Å². The van der Waals surface area contributed by atoms with Gasteiger partial charge in [0, 0.05) is 45.6 Å². The van der Waals surface area contributed by atoms with Crippen LogP contribution in [0, 0.1) is 11.6 Å². The molecule has 0 aromatic heterocycles. The highest BCUT2D eigenvalue weighted by Crippen LogP contribution is 2.39. The smallest absolute Gasteiger partial charge is 0.410 e. The molecule has 0 unspecified atom stereocenters. The van der Waals surface area contributed by atoms with E-state index in [0.717, 1.165) is 12.8 Å². The number of nitrogens with zero attached hydrogens (tertiary/aromatic N) is 2. The number of ether oxygens (including phenoxy) is 2. The van der Waals surface area contributed by atoms with E-state index in [1.54, 1.807) is 4.90 Å². The lowest BCUT2D eigenvalue weighted by Crippen LogP contribution is -2.43. The number of aliphatic hydroxyl groups is 1. The third kappa shape index (κ3) is 6.42. The first kappa shape index (κ1) is 26.1. The SMILES string of the molecule is CC1(OC(=O)N2CCC(Oc3c(F)cc(C4CCN(S(=O)(=O)CCCO)CC4)cc3F)CC2)CC1. The number of amides is 1. The van der Waals surface area contributed by atoms with Crippen LogP contribution in [0.5, 0.6) is 5.75 Å². The molecule has 4 rings (SSSR count). The molecule has 0 atom stereocenters. The normalized spacial score (nSPS) is 21.7. The first-order valence-corrected chi connectivity index (χ1v) is 13.9. The van der Waals surface area contributed by atoms with Gasteiger partial charge in [-0.15, -0.1) is 0 Å². The van der Waals surface area contributed by atoms with E-state index in [0.29, 0.717) is 44.3 Å². The largest absolute Gasteiger partial charge is 0.484 e. The average Bonchev–Trinajstić information content (AvgIpc) is 3.56. The number of rotatable bonds is 8. The molecule has 2 aliphatic heterocycles. The summed E-state index contributed by atoms with van der Waals surface area (Å²) in [6.45, 7) is 3.08. The number of aliphatic hydroxyl groups excluding tert-OH is 1. The Morgan fingerprint density at radius 1 is 1.09 bits per heavy atom. The van der Waals surface area contributed by atoms with Crippen molar-refractivity contribution in [1.82, 2.24) is 9.21 Å². The van der Waals surface area contributed by atoms with Crippen molar-refractivity contribution in [2.45, 2.75) is 69.5 Å². The molecule has 1 saturated carbocycles. The molecular weight excluding hydrogens is 482 g/mol. The molecule has 8 nitrogen and oxygen atoms in total. The Kier molecular flexibility index (Phi) is 7.87. The molecule has 0 radical (unpaired) electrons. The van der Waals surface area contributed by atoms with Crippen molar-refractivity contribution in [3.05, 3.63) is 29.3 Å². The zero-order valence-corrected chi connectivity index (χ0v) is 20.9. The van der Waals surface area contributed by atoms with Gasteiger partial charge in [0.15, 0.2) is 17.4 Å². The molecule has 196 valence electrons. The van der Waals surface area contributed by atoms with Gasteiger partial charge in [-0.3, -0.25) is 0 Å². The fourth-order valence-corrected chi connectivity index (χ4v) is 6.17. The molecule has 2 heterocycles. The van der Waals surface area contributed by atoms with Crippen molar-refractivity contribution < 1.29 is 36.6 Å². The van der Waals surface area contributed by atoms with E-state index in [1.165, 1.54) is 16.4 Å². The van der Waals surface area contributed by atoms with E-state index >= 15 is 0 Å². The molecule has 11 heteroatoms. The highest BCUT2D eigenvalue weighted by Gasteiger charge is 2.43. The molecular formula is C24H34F2N2O6S. The van der Waals surface area contributed by atoms with Crippen LogP contribution in [-0.4, -0.2) is 79.1 Å². The summed E-state index contributed by atoms with van der Waals surface area (Å²) in [5, 5.41) is 8.88. The van der Waals surface area contributed by atoms with Crippen LogP contribution in [0.2, 0.25) is 0 Å². The van der Waals surface area contributed by atoms with Crippen LogP contribution in [0.25, 0.3) is 0 Å². The van der Waals surface area contributed by atoms with Gasteiger partial charge >= 0.3 is 6.09 Å². The second-order valence-corrected chi connectivity index (χ2v) is 12.1. The molecule has 0 bridgehead atoms. The summed E-state index contributed by atoms with van der Waals surface area (Å²) >= 11 is 0. The van der Waals surface area contributed by atoms with Crippen LogP contribution >= 0.6 is 0 Å². The second kappa shape index (κ2) is 10.6. The number of sulfonamides is 1. The Balaban J connectivity index is 1.30. The minimum Gasteiger partial charge on any atom is -0.484 e. The number of carbonyl (C=O) groups excluding carboxylic acids is 1. The third-order valence-electron chi connectivity index (χ3n) is 7.17.